The van der Waals surface area contributed by atoms with Crippen molar-refractivity contribution >= 4 is 29.2 Å². The molecule has 1 heterocycles. The van der Waals surface area contributed by atoms with Gasteiger partial charge in [-0.15, -0.1) is 0 Å². The van der Waals surface area contributed by atoms with Crippen LogP contribution in [0.2, 0.25) is 0 Å². The van der Waals surface area contributed by atoms with Crippen LogP contribution in [0, 0.1) is 6.92 Å². The van der Waals surface area contributed by atoms with Gasteiger partial charge in [0.25, 0.3) is 5.91 Å². The fourth-order valence-corrected chi connectivity index (χ4v) is 3.43. The Balaban J connectivity index is 1.80. The van der Waals surface area contributed by atoms with Crippen molar-refractivity contribution in [1.82, 2.24) is 9.97 Å². The van der Waals surface area contributed by atoms with E-state index < -0.39 is 5.97 Å². The van der Waals surface area contributed by atoms with Gasteiger partial charge in [-0.3, -0.25) is 9.59 Å². The summed E-state index contributed by atoms with van der Waals surface area (Å²) in [4.78, 5) is 36.7. The van der Waals surface area contributed by atoms with Crippen molar-refractivity contribution in [2.24, 2.45) is 0 Å². The summed E-state index contributed by atoms with van der Waals surface area (Å²) in [5, 5.41) is 12.2. The molecule has 3 aromatic rings. The fraction of sp³-hybridized carbons (Fsp3) is 0.280. The first-order valence-corrected chi connectivity index (χ1v) is 10.6. The number of nitrogens with zero attached hydrogens (tertiary/aromatic N) is 4. The number of nitrogens with one attached hydrogen (secondary N) is 1. The van der Waals surface area contributed by atoms with E-state index in [1.807, 2.05) is 71.5 Å². The largest absolute Gasteiger partial charge is 0.481 e. The van der Waals surface area contributed by atoms with Crippen LogP contribution in [-0.4, -0.2) is 55.1 Å². The van der Waals surface area contributed by atoms with Crippen molar-refractivity contribution in [2.45, 2.75) is 19.8 Å². The minimum atomic E-state index is -0.930. The maximum absolute atomic E-state index is 12.4. The molecule has 8 nitrogen and oxygen atoms in total. The molecule has 0 unspecified atom stereocenters. The molecule has 1 aromatic heterocycles. The molecule has 0 saturated carbocycles. The van der Waals surface area contributed by atoms with Crippen LogP contribution in [0.1, 0.15) is 32.9 Å². The summed E-state index contributed by atoms with van der Waals surface area (Å²) >= 11 is 0. The Labute approximate surface area is 193 Å². The van der Waals surface area contributed by atoms with Crippen LogP contribution in [0.25, 0.3) is 0 Å². The summed E-state index contributed by atoms with van der Waals surface area (Å²) in [6, 6.07) is 14.9. The van der Waals surface area contributed by atoms with Crippen molar-refractivity contribution in [2.75, 3.05) is 43.3 Å². The van der Waals surface area contributed by atoms with Crippen molar-refractivity contribution in [3.63, 3.8) is 0 Å². The minimum absolute atomic E-state index is 0.156. The van der Waals surface area contributed by atoms with E-state index in [0.29, 0.717) is 40.7 Å². The molecular weight excluding hydrogens is 420 g/mol. The number of hydrogen-bond donors (Lipinski definition) is 2. The highest BCUT2D eigenvalue weighted by Crippen LogP contribution is 2.27. The lowest BCUT2D eigenvalue weighted by Crippen LogP contribution is -2.22. The Hall–Kier alpha value is -3.94. The Morgan fingerprint density at radius 3 is 1.91 bits per heavy atom. The summed E-state index contributed by atoms with van der Waals surface area (Å²) < 4.78 is 0. The normalized spacial score (nSPS) is 10.6. The van der Waals surface area contributed by atoms with Gasteiger partial charge in [-0.2, -0.15) is 0 Å². The number of carbonyl (C=O) groups is 2. The molecular formula is C25H29N5O3. The van der Waals surface area contributed by atoms with E-state index in [4.69, 9.17) is 0 Å². The molecule has 0 fully saturated rings. The van der Waals surface area contributed by atoms with Gasteiger partial charge in [0, 0.05) is 51.4 Å². The molecule has 172 valence electrons. The molecule has 33 heavy (non-hydrogen) atoms. The van der Waals surface area contributed by atoms with Crippen molar-refractivity contribution in [1.29, 1.82) is 0 Å². The number of hydrogen-bond acceptors (Lipinski definition) is 6. The van der Waals surface area contributed by atoms with Gasteiger partial charge >= 0.3 is 5.97 Å². The summed E-state index contributed by atoms with van der Waals surface area (Å²) in [6.45, 7) is 1.98. The number of aliphatic carboxylic acids is 1. The molecule has 1 amide bonds. The van der Waals surface area contributed by atoms with Crippen molar-refractivity contribution in [3.8, 4) is 0 Å². The second-order valence-corrected chi connectivity index (χ2v) is 8.32. The number of anilines is 3. The second-order valence-electron chi connectivity index (χ2n) is 8.32. The molecule has 0 bridgehead atoms. The molecule has 0 aliphatic carbocycles. The standard InChI is InChI=1S/C25H29N5O3/c1-16-6-10-18(11-7-16)25(33)26-19-12-8-17(9-13-19)14-21-27-23(29(2)3)20(15-22(31)32)24(28-21)30(4)5/h6-13H,14-15H2,1-5H3,(H,26,33)(H,31,32)/i2+1,3+1. The van der Waals surface area contributed by atoms with E-state index in [1.165, 1.54) is 0 Å². The third kappa shape index (κ3) is 6.06. The van der Waals surface area contributed by atoms with Crippen LogP contribution < -0.4 is 15.1 Å². The molecule has 8 heteroatoms. The molecule has 2 aromatic carbocycles. The minimum Gasteiger partial charge on any atom is -0.481 e. The Kier molecular flexibility index (Phi) is 7.27. The number of amides is 1. The zero-order chi connectivity index (χ0) is 24.1. The zero-order valence-electron chi connectivity index (χ0n) is 19.6. The molecule has 0 aliphatic heterocycles. The number of carboxylic acid groups (broad SMARTS) is 1. The van der Waals surface area contributed by atoms with Crippen LogP contribution >= 0.6 is 0 Å². The summed E-state index contributed by atoms with van der Waals surface area (Å²) in [5.41, 5.74) is 3.96. The smallest absolute Gasteiger partial charge is 0.308 e. The molecule has 0 saturated heterocycles. The van der Waals surface area contributed by atoms with Gasteiger partial charge in [0.05, 0.1) is 6.42 Å². The lowest BCUT2D eigenvalue weighted by Gasteiger charge is -2.22. The van der Waals surface area contributed by atoms with Crippen molar-refractivity contribution < 1.29 is 14.7 Å². The maximum atomic E-state index is 12.4. The fourth-order valence-electron chi connectivity index (χ4n) is 3.43. The van der Waals surface area contributed by atoms with Crippen LogP contribution in [0.3, 0.4) is 0 Å². The second kappa shape index (κ2) is 10.1. The number of benzene rings is 2. The monoisotopic (exact) mass is 449 g/mol. The maximum Gasteiger partial charge on any atom is 0.308 e. The third-order valence-corrected chi connectivity index (χ3v) is 5.07. The predicted octanol–water partition coefficient (Wildman–Crippen LogP) is 3.39. The van der Waals surface area contributed by atoms with Crippen LogP contribution in [0.4, 0.5) is 17.3 Å². The lowest BCUT2D eigenvalue weighted by molar-refractivity contribution is -0.136. The van der Waals surface area contributed by atoms with Crippen LogP contribution in [0.15, 0.2) is 48.5 Å². The van der Waals surface area contributed by atoms with Crippen molar-refractivity contribution in [3.05, 3.63) is 76.6 Å². The van der Waals surface area contributed by atoms with Gasteiger partial charge in [0.2, 0.25) is 0 Å². The molecule has 2 N–H and O–H groups in total. The SMILES string of the molecule is Cc1ccc(C(=O)Nc2ccc(Cc3nc(N(C)C)c(CC(=O)O)c(N([13CH3])[13CH3])n3)cc2)cc1. The lowest BCUT2D eigenvalue weighted by atomic mass is 10.1. The van der Waals surface area contributed by atoms with Gasteiger partial charge in [-0.05, 0) is 36.8 Å². The number of aryl methyl sites for hydroxylation is 1. The van der Waals surface area contributed by atoms with E-state index in [0.717, 1.165) is 11.1 Å². The topological polar surface area (TPSA) is 98.7 Å². The molecule has 0 spiro atoms. The number of carbonyl (C=O) groups excluding carboxylic acids is 1. The van der Waals surface area contributed by atoms with Gasteiger partial charge in [0.15, 0.2) is 0 Å². The predicted molar refractivity (Wildman–Crippen MR) is 130 cm³/mol. The molecule has 0 atom stereocenters. The van der Waals surface area contributed by atoms with Gasteiger partial charge in [0.1, 0.15) is 17.5 Å². The van der Waals surface area contributed by atoms with E-state index in [-0.39, 0.29) is 12.3 Å². The summed E-state index contributed by atoms with van der Waals surface area (Å²) in [5.74, 6) is 0.682. The van der Waals surface area contributed by atoms with E-state index in [2.05, 4.69) is 15.3 Å². The highest BCUT2D eigenvalue weighted by atomic mass is 16.4. The average Bonchev–Trinajstić information content (AvgIpc) is 2.75. The molecule has 3 rings (SSSR count). The van der Waals surface area contributed by atoms with E-state index in [9.17, 15) is 14.7 Å². The van der Waals surface area contributed by atoms with Gasteiger partial charge in [-0.25, -0.2) is 9.97 Å². The third-order valence-electron chi connectivity index (χ3n) is 5.07. The molecule has 0 radical (unpaired) electrons. The number of aromatic nitrogens is 2. The Morgan fingerprint density at radius 2 is 1.42 bits per heavy atom. The van der Waals surface area contributed by atoms with Crippen LogP contribution in [-0.2, 0) is 17.6 Å². The highest BCUT2D eigenvalue weighted by molar-refractivity contribution is 6.04. The quantitative estimate of drug-likeness (QED) is 0.509. The number of carboxylic acids is 1. The first-order chi connectivity index (χ1) is 15.6. The number of rotatable bonds is 8. The summed E-state index contributed by atoms with van der Waals surface area (Å²) in [6.07, 6.45) is 0.317. The Morgan fingerprint density at radius 1 is 0.879 bits per heavy atom. The zero-order valence-corrected chi connectivity index (χ0v) is 19.6. The molecule has 0 aliphatic rings. The van der Waals surface area contributed by atoms with Crippen LogP contribution in [0.5, 0.6) is 0 Å². The van der Waals surface area contributed by atoms with Gasteiger partial charge in [-0.1, -0.05) is 29.8 Å². The Bertz CT molecular complexity index is 1110. The van der Waals surface area contributed by atoms with E-state index in [1.54, 1.807) is 21.9 Å². The van der Waals surface area contributed by atoms with Gasteiger partial charge < -0.3 is 20.2 Å². The van der Waals surface area contributed by atoms with E-state index >= 15 is 0 Å². The first kappa shape index (κ1) is 23.7. The highest BCUT2D eigenvalue weighted by Gasteiger charge is 2.20. The summed E-state index contributed by atoms with van der Waals surface area (Å²) in [7, 11) is 7.34. The average molecular weight is 450 g/mol. The first-order valence-electron chi connectivity index (χ1n) is 10.6.